The topological polar surface area (TPSA) is 58.2 Å². The second-order valence-electron chi connectivity index (χ2n) is 4.68. The van der Waals surface area contributed by atoms with Crippen LogP contribution in [-0.4, -0.2) is 40.7 Å². The summed E-state index contributed by atoms with van der Waals surface area (Å²) < 4.78 is 5.85. The van der Waals surface area contributed by atoms with Crippen molar-refractivity contribution in [1.29, 1.82) is 0 Å². The minimum atomic E-state index is -0.469. The lowest BCUT2D eigenvalue weighted by atomic mass is 9.97. The van der Waals surface area contributed by atoms with Crippen LogP contribution in [0, 0.1) is 6.92 Å². The zero-order chi connectivity index (χ0) is 12.5. The highest BCUT2D eigenvalue weighted by molar-refractivity contribution is 5.76. The average Bonchev–Trinajstić information content (AvgIpc) is 2.75. The number of nitrogens with zero attached hydrogens (tertiary/aromatic N) is 2. The van der Waals surface area contributed by atoms with Gasteiger partial charge in [-0.2, -0.15) is 5.10 Å². The van der Waals surface area contributed by atoms with Crippen LogP contribution in [0.2, 0.25) is 0 Å². The van der Waals surface area contributed by atoms with E-state index < -0.39 is 5.60 Å². The summed E-state index contributed by atoms with van der Waals surface area (Å²) in [5.41, 5.74) is 1.56. The predicted octanol–water partition coefficient (Wildman–Crippen LogP) is 1.20. The molecule has 1 aromatic rings. The fraction of sp³-hybridized carbons (Fsp3) is 0.667. The SMILES string of the molecule is CCC(=O)N1CCOC(C)(c2[nH]ncc2C)C1. The number of morpholine rings is 1. The monoisotopic (exact) mass is 237 g/mol. The first-order chi connectivity index (χ1) is 8.07. The van der Waals surface area contributed by atoms with Gasteiger partial charge in [0.25, 0.3) is 0 Å². The highest BCUT2D eigenvalue weighted by Crippen LogP contribution is 2.30. The van der Waals surface area contributed by atoms with Crippen molar-refractivity contribution in [3.63, 3.8) is 0 Å². The van der Waals surface area contributed by atoms with Crippen molar-refractivity contribution in [2.24, 2.45) is 0 Å². The van der Waals surface area contributed by atoms with Crippen LogP contribution in [0.15, 0.2) is 6.20 Å². The lowest BCUT2D eigenvalue weighted by molar-refractivity contribution is -0.150. The first-order valence-corrected chi connectivity index (χ1v) is 5.99. The largest absolute Gasteiger partial charge is 0.365 e. The van der Waals surface area contributed by atoms with E-state index in [2.05, 4.69) is 10.2 Å². The number of ether oxygens (including phenoxy) is 1. The van der Waals surface area contributed by atoms with Crippen molar-refractivity contribution in [2.75, 3.05) is 19.7 Å². The Hall–Kier alpha value is -1.36. The fourth-order valence-electron chi connectivity index (χ4n) is 2.34. The molecule has 1 N–H and O–H groups in total. The van der Waals surface area contributed by atoms with Gasteiger partial charge in [0.2, 0.25) is 5.91 Å². The van der Waals surface area contributed by atoms with E-state index in [4.69, 9.17) is 4.74 Å². The molecule has 0 bridgehead atoms. The molecule has 2 heterocycles. The zero-order valence-electron chi connectivity index (χ0n) is 10.6. The van der Waals surface area contributed by atoms with Gasteiger partial charge in [-0.25, -0.2) is 0 Å². The second kappa shape index (κ2) is 4.49. The van der Waals surface area contributed by atoms with Gasteiger partial charge in [0.15, 0.2) is 0 Å². The number of rotatable bonds is 2. The molecule has 5 nitrogen and oxygen atoms in total. The van der Waals surface area contributed by atoms with Crippen LogP contribution in [-0.2, 0) is 15.1 Å². The third-order valence-electron chi connectivity index (χ3n) is 3.29. The number of aromatic amines is 1. The van der Waals surface area contributed by atoms with Gasteiger partial charge in [0.05, 0.1) is 25.0 Å². The maximum absolute atomic E-state index is 11.8. The first-order valence-electron chi connectivity index (χ1n) is 5.99. The van der Waals surface area contributed by atoms with Gasteiger partial charge >= 0.3 is 0 Å². The summed E-state index contributed by atoms with van der Waals surface area (Å²) >= 11 is 0. The van der Waals surface area contributed by atoms with E-state index in [0.29, 0.717) is 26.1 Å². The molecule has 1 fully saturated rings. The first kappa shape index (κ1) is 12.1. The van der Waals surface area contributed by atoms with Crippen LogP contribution in [0.5, 0.6) is 0 Å². The minimum absolute atomic E-state index is 0.177. The Labute approximate surface area is 101 Å². The van der Waals surface area contributed by atoms with Crippen molar-refractivity contribution in [3.8, 4) is 0 Å². The molecule has 5 heteroatoms. The third kappa shape index (κ3) is 2.20. The Morgan fingerprint density at radius 2 is 2.47 bits per heavy atom. The van der Waals surface area contributed by atoms with E-state index in [0.717, 1.165) is 11.3 Å². The van der Waals surface area contributed by atoms with Crippen molar-refractivity contribution in [1.82, 2.24) is 15.1 Å². The summed E-state index contributed by atoms with van der Waals surface area (Å²) in [7, 11) is 0. The van der Waals surface area contributed by atoms with Crippen molar-refractivity contribution >= 4 is 5.91 Å². The highest BCUT2D eigenvalue weighted by atomic mass is 16.5. The quantitative estimate of drug-likeness (QED) is 0.841. The molecule has 2 rings (SSSR count). The molecule has 1 atom stereocenters. The van der Waals surface area contributed by atoms with Crippen LogP contribution >= 0.6 is 0 Å². The van der Waals surface area contributed by atoms with Gasteiger partial charge in [0.1, 0.15) is 5.60 Å². The maximum Gasteiger partial charge on any atom is 0.222 e. The average molecular weight is 237 g/mol. The standard InChI is InChI=1S/C12H19N3O2/c1-4-10(16)15-5-6-17-12(3,8-15)11-9(2)7-13-14-11/h7H,4-6,8H2,1-3H3,(H,13,14). The van der Waals surface area contributed by atoms with Crippen LogP contribution in [0.1, 0.15) is 31.5 Å². The van der Waals surface area contributed by atoms with Crippen LogP contribution in [0.4, 0.5) is 0 Å². The maximum atomic E-state index is 11.8. The lowest BCUT2D eigenvalue weighted by Crippen LogP contribution is -2.50. The molecule has 0 aromatic carbocycles. The fourth-order valence-corrected chi connectivity index (χ4v) is 2.34. The Morgan fingerprint density at radius 1 is 1.71 bits per heavy atom. The predicted molar refractivity (Wildman–Crippen MR) is 63.5 cm³/mol. The van der Waals surface area contributed by atoms with E-state index in [1.807, 2.05) is 25.7 Å². The normalized spacial score (nSPS) is 25.0. The van der Waals surface area contributed by atoms with Crippen LogP contribution in [0.3, 0.4) is 0 Å². The number of amides is 1. The molecular weight excluding hydrogens is 218 g/mol. The number of nitrogens with one attached hydrogen (secondary N) is 1. The molecule has 0 spiro atoms. The molecular formula is C12H19N3O2. The number of carbonyl (C=O) groups excluding carboxylic acids is 1. The number of hydrogen-bond donors (Lipinski definition) is 1. The Bertz CT molecular complexity index is 416. The molecule has 1 unspecified atom stereocenters. The Kier molecular flexibility index (Phi) is 3.19. The number of carbonyl (C=O) groups is 1. The van der Waals surface area contributed by atoms with Gasteiger partial charge < -0.3 is 9.64 Å². The Morgan fingerprint density at radius 3 is 3.06 bits per heavy atom. The van der Waals surface area contributed by atoms with Crippen LogP contribution < -0.4 is 0 Å². The molecule has 1 aromatic heterocycles. The number of aryl methyl sites for hydroxylation is 1. The van der Waals surface area contributed by atoms with Gasteiger partial charge in [0, 0.05) is 13.0 Å². The van der Waals surface area contributed by atoms with E-state index in [1.165, 1.54) is 0 Å². The van der Waals surface area contributed by atoms with Crippen molar-refractivity contribution < 1.29 is 9.53 Å². The van der Waals surface area contributed by atoms with Crippen molar-refractivity contribution in [2.45, 2.75) is 32.8 Å². The number of H-pyrrole nitrogens is 1. The second-order valence-corrected chi connectivity index (χ2v) is 4.68. The number of aromatic nitrogens is 2. The summed E-state index contributed by atoms with van der Waals surface area (Å²) in [5, 5.41) is 7.00. The highest BCUT2D eigenvalue weighted by Gasteiger charge is 2.37. The van der Waals surface area contributed by atoms with Gasteiger partial charge in [-0.1, -0.05) is 6.92 Å². The van der Waals surface area contributed by atoms with Crippen LogP contribution in [0.25, 0.3) is 0 Å². The third-order valence-corrected chi connectivity index (χ3v) is 3.29. The summed E-state index contributed by atoms with van der Waals surface area (Å²) in [6.07, 6.45) is 2.32. The zero-order valence-corrected chi connectivity index (χ0v) is 10.6. The summed E-state index contributed by atoms with van der Waals surface area (Å²) in [5.74, 6) is 0.177. The molecule has 17 heavy (non-hydrogen) atoms. The molecule has 0 aliphatic carbocycles. The van der Waals surface area contributed by atoms with Gasteiger partial charge in [-0.15, -0.1) is 0 Å². The molecule has 1 aliphatic heterocycles. The van der Waals surface area contributed by atoms with Gasteiger partial charge in [-0.05, 0) is 19.4 Å². The van der Waals surface area contributed by atoms with Gasteiger partial charge in [-0.3, -0.25) is 9.89 Å². The molecule has 1 amide bonds. The molecule has 94 valence electrons. The van der Waals surface area contributed by atoms with Crippen molar-refractivity contribution in [3.05, 3.63) is 17.5 Å². The summed E-state index contributed by atoms with van der Waals surface area (Å²) in [6.45, 7) is 7.71. The summed E-state index contributed by atoms with van der Waals surface area (Å²) in [4.78, 5) is 13.6. The van der Waals surface area contributed by atoms with E-state index >= 15 is 0 Å². The molecule has 0 saturated carbocycles. The lowest BCUT2D eigenvalue weighted by Gasteiger charge is -2.40. The molecule has 0 radical (unpaired) electrons. The molecule has 1 saturated heterocycles. The smallest absolute Gasteiger partial charge is 0.222 e. The molecule has 1 aliphatic rings. The Balaban J connectivity index is 2.21. The van der Waals surface area contributed by atoms with E-state index in [9.17, 15) is 4.79 Å². The minimum Gasteiger partial charge on any atom is -0.365 e. The van der Waals surface area contributed by atoms with E-state index in [1.54, 1.807) is 6.20 Å². The number of hydrogen-bond acceptors (Lipinski definition) is 3. The summed E-state index contributed by atoms with van der Waals surface area (Å²) in [6, 6.07) is 0. The van der Waals surface area contributed by atoms with E-state index in [-0.39, 0.29) is 5.91 Å².